The summed E-state index contributed by atoms with van der Waals surface area (Å²) in [5.74, 6) is 1.65. The van der Waals surface area contributed by atoms with E-state index in [9.17, 15) is 0 Å². The number of hydrogen-bond donors (Lipinski definition) is 0. The van der Waals surface area contributed by atoms with E-state index in [-0.39, 0.29) is 0 Å². The number of benzene rings is 3. The largest absolute Gasteiger partial charge is 0.457 e. The summed E-state index contributed by atoms with van der Waals surface area (Å²) in [7, 11) is 0. The number of fused-ring (bicyclic) bond motifs is 1. The van der Waals surface area contributed by atoms with E-state index >= 15 is 0 Å². The monoisotopic (exact) mass is 301 g/mol. The van der Waals surface area contributed by atoms with Crippen molar-refractivity contribution in [3.63, 3.8) is 0 Å². The summed E-state index contributed by atoms with van der Waals surface area (Å²) in [5, 5.41) is 8.45. The van der Waals surface area contributed by atoms with Crippen molar-refractivity contribution in [2.24, 2.45) is 0 Å². The van der Waals surface area contributed by atoms with Gasteiger partial charge in [-0.1, -0.05) is 53.7 Å². The average Bonchev–Trinajstić information content (AvgIpc) is 3.01. The number of para-hydroxylation sites is 3. The fourth-order valence-electron chi connectivity index (χ4n) is 2.55. The third kappa shape index (κ3) is 2.79. The first-order valence-electron chi connectivity index (χ1n) is 7.49. The molecule has 4 nitrogen and oxygen atoms in total. The molecule has 0 unspecified atom stereocenters. The zero-order valence-electron chi connectivity index (χ0n) is 12.5. The second-order valence-electron chi connectivity index (χ2n) is 5.26. The molecule has 23 heavy (non-hydrogen) atoms. The summed E-state index contributed by atoms with van der Waals surface area (Å²) in [6.07, 6.45) is 0. The van der Waals surface area contributed by atoms with Crippen LogP contribution in [0, 0.1) is 0 Å². The van der Waals surface area contributed by atoms with Crippen molar-refractivity contribution in [2.45, 2.75) is 6.54 Å². The molecule has 4 rings (SSSR count). The zero-order valence-corrected chi connectivity index (χ0v) is 12.5. The Kier molecular flexibility index (Phi) is 3.48. The fourth-order valence-corrected chi connectivity index (χ4v) is 2.55. The molecule has 0 radical (unpaired) electrons. The quantitative estimate of drug-likeness (QED) is 0.565. The maximum atomic E-state index is 6.01. The van der Waals surface area contributed by atoms with Gasteiger partial charge in [0.1, 0.15) is 17.0 Å². The van der Waals surface area contributed by atoms with Gasteiger partial charge in [-0.3, -0.25) is 0 Å². The molecule has 0 aliphatic heterocycles. The first-order valence-corrected chi connectivity index (χ1v) is 7.49. The Hall–Kier alpha value is -3.14. The summed E-state index contributed by atoms with van der Waals surface area (Å²) < 4.78 is 7.90. The molecule has 0 atom stereocenters. The molecule has 0 spiro atoms. The van der Waals surface area contributed by atoms with E-state index < -0.39 is 0 Å². The number of hydrogen-bond acceptors (Lipinski definition) is 3. The highest BCUT2D eigenvalue weighted by Crippen LogP contribution is 2.26. The standard InChI is InChI=1S/C19H15N3O/c1-2-9-16(10-3-1)23-19-13-7-4-8-15(19)14-22-18-12-6-5-11-17(18)20-21-22/h1-13H,14H2. The highest BCUT2D eigenvalue weighted by atomic mass is 16.5. The van der Waals surface area contributed by atoms with E-state index in [4.69, 9.17) is 4.74 Å². The lowest BCUT2D eigenvalue weighted by atomic mass is 10.2. The van der Waals surface area contributed by atoms with Crippen LogP contribution in [0.3, 0.4) is 0 Å². The topological polar surface area (TPSA) is 39.9 Å². The van der Waals surface area contributed by atoms with Crippen LogP contribution >= 0.6 is 0 Å². The van der Waals surface area contributed by atoms with Crippen molar-refractivity contribution in [1.82, 2.24) is 15.0 Å². The minimum absolute atomic E-state index is 0.615. The van der Waals surface area contributed by atoms with Crippen LogP contribution in [0.15, 0.2) is 78.9 Å². The van der Waals surface area contributed by atoms with Crippen LogP contribution in [0.5, 0.6) is 11.5 Å². The summed E-state index contributed by atoms with van der Waals surface area (Å²) in [6.45, 7) is 0.615. The summed E-state index contributed by atoms with van der Waals surface area (Å²) in [5.41, 5.74) is 2.97. The molecule has 112 valence electrons. The molecule has 1 aromatic heterocycles. The van der Waals surface area contributed by atoms with E-state index in [0.717, 1.165) is 28.1 Å². The molecule has 0 bridgehead atoms. The van der Waals surface area contributed by atoms with Gasteiger partial charge in [-0.25, -0.2) is 4.68 Å². The third-order valence-electron chi connectivity index (χ3n) is 3.68. The van der Waals surface area contributed by atoms with Crippen molar-refractivity contribution >= 4 is 11.0 Å². The Bertz CT molecular complexity index is 931. The maximum absolute atomic E-state index is 6.01. The first kappa shape index (κ1) is 13.5. The van der Waals surface area contributed by atoms with Gasteiger partial charge >= 0.3 is 0 Å². The van der Waals surface area contributed by atoms with Gasteiger partial charge in [-0.15, -0.1) is 5.10 Å². The number of ether oxygens (including phenoxy) is 1. The van der Waals surface area contributed by atoms with Crippen LogP contribution < -0.4 is 4.74 Å². The maximum Gasteiger partial charge on any atom is 0.132 e. The molecule has 3 aromatic carbocycles. The molecule has 0 amide bonds. The van der Waals surface area contributed by atoms with Gasteiger partial charge in [0.15, 0.2) is 0 Å². The van der Waals surface area contributed by atoms with Gasteiger partial charge in [0.05, 0.1) is 12.1 Å². The SMILES string of the molecule is c1ccc(Oc2ccccc2Cn2nnc3ccccc32)cc1. The Morgan fingerprint density at radius 1 is 0.783 bits per heavy atom. The molecule has 4 heteroatoms. The summed E-state index contributed by atoms with van der Waals surface area (Å²) >= 11 is 0. The van der Waals surface area contributed by atoms with E-state index in [1.54, 1.807) is 0 Å². The molecule has 0 aliphatic carbocycles. The summed E-state index contributed by atoms with van der Waals surface area (Å²) in [6, 6.07) is 25.7. The van der Waals surface area contributed by atoms with Crippen LogP contribution in [0.25, 0.3) is 11.0 Å². The second-order valence-corrected chi connectivity index (χ2v) is 5.26. The van der Waals surface area contributed by atoms with E-state index in [0.29, 0.717) is 6.54 Å². The Morgan fingerprint density at radius 3 is 2.43 bits per heavy atom. The molecule has 0 saturated carbocycles. The molecule has 0 saturated heterocycles. The van der Waals surface area contributed by atoms with E-state index in [1.807, 2.05) is 77.5 Å². The van der Waals surface area contributed by atoms with E-state index in [2.05, 4.69) is 16.4 Å². The van der Waals surface area contributed by atoms with Crippen molar-refractivity contribution in [2.75, 3.05) is 0 Å². The summed E-state index contributed by atoms with van der Waals surface area (Å²) in [4.78, 5) is 0. The highest BCUT2D eigenvalue weighted by Gasteiger charge is 2.09. The molecule has 0 N–H and O–H groups in total. The van der Waals surface area contributed by atoms with Crippen LogP contribution in [0.4, 0.5) is 0 Å². The molecular formula is C19H15N3O. The highest BCUT2D eigenvalue weighted by molar-refractivity contribution is 5.73. The smallest absolute Gasteiger partial charge is 0.132 e. The molecule has 0 aliphatic rings. The van der Waals surface area contributed by atoms with Crippen molar-refractivity contribution in [1.29, 1.82) is 0 Å². The Balaban J connectivity index is 1.67. The third-order valence-corrected chi connectivity index (χ3v) is 3.68. The normalized spacial score (nSPS) is 10.8. The van der Waals surface area contributed by atoms with Gasteiger partial charge < -0.3 is 4.74 Å². The average molecular weight is 301 g/mol. The van der Waals surface area contributed by atoms with Gasteiger partial charge in [0.2, 0.25) is 0 Å². The molecule has 1 heterocycles. The van der Waals surface area contributed by atoms with Crippen LogP contribution in [-0.4, -0.2) is 15.0 Å². The molecular weight excluding hydrogens is 286 g/mol. The van der Waals surface area contributed by atoms with Crippen LogP contribution in [-0.2, 0) is 6.54 Å². The molecule has 4 aromatic rings. The van der Waals surface area contributed by atoms with E-state index in [1.165, 1.54) is 0 Å². The van der Waals surface area contributed by atoms with Crippen molar-refractivity contribution < 1.29 is 4.74 Å². The second kappa shape index (κ2) is 5.93. The predicted octanol–water partition coefficient (Wildman–Crippen LogP) is 4.27. The van der Waals surface area contributed by atoms with Crippen molar-refractivity contribution in [3.8, 4) is 11.5 Å². The van der Waals surface area contributed by atoms with Crippen LogP contribution in [0.1, 0.15) is 5.56 Å². The number of aromatic nitrogens is 3. The lowest BCUT2D eigenvalue weighted by molar-refractivity contribution is 0.472. The van der Waals surface area contributed by atoms with Gasteiger partial charge in [0.25, 0.3) is 0 Å². The fraction of sp³-hybridized carbons (Fsp3) is 0.0526. The van der Waals surface area contributed by atoms with Crippen molar-refractivity contribution in [3.05, 3.63) is 84.4 Å². The van der Waals surface area contributed by atoms with Crippen LogP contribution in [0.2, 0.25) is 0 Å². The Morgan fingerprint density at radius 2 is 1.52 bits per heavy atom. The number of nitrogens with zero attached hydrogens (tertiary/aromatic N) is 3. The van der Waals surface area contributed by atoms with Gasteiger partial charge in [-0.05, 0) is 30.3 Å². The lowest BCUT2D eigenvalue weighted by Gasteiger charge is -2.11. The minimum Gasteiger partial charge on any atom is -0.457 e. The molecule has 0 fully saturated rings. The van der Waals surface area contributed by atoms with Gasteiger partial charge in [-0.2, -0.15) is 0 Å². The lowest BCUT2D eigenvalue weighted by Crippen LogP contribution is -2.03. The zero-order chi connectivity index (χ0) is 15.5. The predicted molar refractivity (Wildman–Crippen MR) is 89.6 cm³/mol. The minimum atomic E-state index is 0.615. The van der Waals surface area contributed by atoms with Gasteiger partial charge in [0, 0.05) is 5.56 Å². The number of rotatable bonds is 4. The first-order chi connectivity index (χ1) is 11.4. The Labute approximate surface area is 134 Å².